The number of carbonyl (C=O) groups is 4. The van der Waals surface area contributed by atoms with Gasteiger partial charge in [0.1, 0.15) is 5.76 Å². The summed E-state index contributed by atoms with van der Waals surface area (Å²) in [7, 11) is 0. The highest BCUT2D eigenvalue weighted by atomic mass is 16.5. The van der Waals surface area contributed by atoms with E-state index in [0.717, 1.165) is 0 Å². The lowest BCUT2D eigenvalue weighted by Gasteiger charge is -2.14. The molecule has 9 heteroatoms. The molecule has 1 aliphatic heterocycles. The van der Waals surface area contributed by atoms with Crippen molar-refractivity contribution in [2.45, 2.75) is 26.8 Å². The molecule has 0 spiro atoms. The third kappa shape index (κ3) is 6.44. The van der Waals surface area contributed by atoms with Crippen molar-refractivity contribution in [1.82, 2.24) is 4.90 Å². The normalized spacial score (nSPS) is 15.7. The molecule has 3 rings (SSSR count). The van der Waals surface area contributed by atoms with Gasteiger partial charge in [-0.15, -0.1) is 0 Å². The van der Waals surface area contributed by atoms with E-state index in [2.05, 4.69) is 5.32 Å². The predicted molar refractivity (Wildman–Crippen MR) is 113 cm³/mol. The third-order valence-electron chi connectivity index (χ3n) is 4.77. The summed E-state index contributed by atoms with van der Waals surface area (Å²) in [6.07, 6.45) is 1.56. The zero-order valence-corrected chi connectivity index (χ0v) is 18.0. The lowest BCUT2D eigenvalue weighted by Crippen LogP contribution is -2.28. The number of hydrogen-bond acceptors (Lipinski definition) is 7. The molecule has 0 aliphatic carbocycles. The highest BCUT2D eigenvalue weighted by molar-refractivity contribution is 5.95. The van der Waals surface area contributed by atoms with Gasteiger partial charge in [-0.1, -0.05) is 13.8 Å². The highest BCUT2D eigenvalue weighted by Crippen LogP contribution is 2.21. The Morgan fingerprint density at radius 1 is 1.16 bits per heavy atom. The zero-order chi connectivity index (χ0) is 23.1. The minimum atomic E-state index is -0.624. The first-order valence-electron chi connectivity index (χ1n) is 10.4. The number of furan rings is 1. The largest absolute Gasteiger partial charge is 0.467 e. The van der Waals surface area contributed by atoms with Crippen LogP contribution in [0.1, 0.15) is 36.4 Å². The topological polar surface area (TPSA) is 115 Å². The van der Waals surface area contributed by atoms with Gasteiger partial charge in [-0.2, -0.15) is 0 Å². The van der Waals surface area contributed by atoms with E-state index in [9.17, 15) is 19.2 Å². The van der Waals surface area contributed by atoms with E-state index in [1.165, 1.54) is 11.2 Å². The van der Waals surface area contributed by atoms with Gasteiger partial charge in [0.05, 0.1) is 30.9 Å². The Hall–Kier alpha value is -3.62. The molecule has 1 aromatic heterocycles. The fraction of sp³-hybridized carbons (Fsp3) is 0.391. The second-order valence-electron chi connectivity index (χ2n) is 7.98. The number of rotatable bonds is 9. The number of likely N-dealkylation sites (tertiary alicyclic amines) is 1. The smallest absolute Gasteiger partial charge is 0.338 e. The Morgan fingerprint density at radius 2 is 1.91 bits per heavy atom. The van der Waals surface area contributed by atoms with E-state index < -0.39 is 30.4 Å². The number of esters is 2. The Labute approximate surface area is 185 Å². The van der Waals surface area contributed by atoms with Crippen molar-refractivity contribution in [1.29, 1.82) is 0 Å². The number of nitrogens with zero attached hydrogens (tertiary/aromatic N) is 1. The van der Waals surface area contributed by atoms with Gasteiger partial charge in [-0.05, 0) is 42.3 Å². The molecule has 9 nitrogen and oxygen atoms in total. The molecule has 32 heavy (non-hydrogen) atoms. The second kappa shape index (κ2) is 10.6. The Morgan fingerprint density at radius 3 is 2.56 bits per heavy atom. The second-order valence-corrected chi connectivity index (χ2v) is 7.98. The van der Waals surface area contributed by atoms with Crippen molar-refractivity contribution in [2.24, 2.45) is 11.8 Å². The molecule has 2 aromatic rings. The van der Waals surface area contributed by atoms with Crippen LogP contribution < -0.4 is 5.32 Å². The first-order chi connectivity index (χ1) is 15.3. The van der Waals surface area contributed by atoms with E-state index >= 15 is 0 Å². The Balaban J connectivity index is 1.42. The van der Waals surface area contributed by atoms with E-state index in [0.29, 0.717) is 23.6 Å². The number of ether oxygens (including phenoxy) is 2. The van der Waals surface area contributed by atoms with Crippen LogP contribution in [-0.2, 0) is 30.4 Å². The molecule has 1 N–H and O–H groups in total. The summed E-state index contributed by atoms with van der Waals surface area (Å²) in [6.45, 7) is 4.25. The molecule has 1 saturated heterocycles. The third-order valence-corrected chi connectivity index (χ3v) is 4.77. The SMILES string of the molecule is CC(C)COC(=O)c1ccc(NC(=O)COC(=O)[C@@H]2CC(=O)N(Cc3ccco3)C2)cc1. The quantitative estimate of drug-likeness (QED) is 0.594. The fourth-order valence-corrected chi connectivity index (χ4v) is 3.14. The van der Waals surface area contributed by atoms with Crippen LogP contribution in [0.3, 0.4) is 0 Å². The van der Waals surface area contributed by atoms with Crippen LogP contribution >= 0.6 is 0 Å². The van der Waals surface area contributed by atoms with Crippen LogP contribution in [0.5, 0.6) is 0 Å². The van der Waals surface area contributed by atoms with Crippen LogP contribution in [-0.4, -0.2) is 48.4 Å². The molecule has 1 aliphatic rings. The van der Waals surface area contributed by atoms with Crippen molar-refractivity contribution in [3.8, 4) is 0 Å². The van der Waals surface area contributed by atoms with Crippen molar-refractivity contribution >= 4 is 29.4 Å². The van der Waals surface area contributed by atoms with Gasteiger partial charge in [0.15, 0.2) is 6.61 Å². The fourth-order valence-electron chi connectivity index (χ4n) is 3.14. The maximum atomic E-state index is 12.3. The summed E-state index contributed by atoms with van der Waals surface area (Å²) >= 11 is 0. The molecule has 0 radical (unpaired) electrons. The number of carbonyl (C=O) groups excluding carboxylic acids is 4. The van der Waals surface area contributed by atoms with E-state index in [-0.39, 0.29) is 31.3 Å². The summed E-state index contributed by atoms with van der Waals surface area (Å²) in [5, 5.41) is 2.59. The zero-order valence-electron chi connectivity index (χ0n) is 18.0. The molecule has 1 fully saturated rings. The van der Waals surface area contributed by atoms with Crippen LogP contribution in [0.15, 0.2) is 47.1 Å². The standard InChI is InChI=1S/C23H26N2O7/c1-15(2)13-31-22(28)16-5-7-18(8-6-16)24-20(26)14-32-23(29)17-10-21(27)25(11-17)12-19-4-3-9-30-19/h3-9,15,17H,10-14H2,1-2H3,(H,24,26)/t17-/m1/s1. The van der Waals surface area contributed by atoms with Gasteiger partial charge in [0.2, 0.25) is 5.91 Å². The minimum Gasteiger partial charge on any atom is -0.467 e. The van der Waals surface area contributed by atoms with Crippen LogP contribution in [0.2, 0.25) is 0 Å². The van der Waals surface area contributed by atoms with Gasteiger partial charge in [-0.3, -0.25) is 14.4 Å². The molecule has 0 saturated carbocycles. The molecule has 1 aromatic carbocycles. The number of anilines is 1. The summed E-state index contributed by atoms with van der Waals surface area (Å²) in [6, 6.07) is 9.70. The van der Waals surface area contributed by atoms with E-state index in [1.54, 1.807) is 36.4 Å². The monoisotopic (exact) mass is 442 g/mol. The first kappa shape index (κ1) is 23.1. The number of hydrogen-bond donors (Lipinski definition) is 1. The van der Waals surface area contributed by atoms with Gasteiger partial charge < -0.3 is 24.1 Å². The molecular formula is C23H26N2O7. The maximum absolute atomic E-state index is 12.3. The minimum absolute atomic E-state index is 0.0372. The van der Waals surface area contributed by atoms with Crippen molar-refractivity contribution in [3.63, 3.8) is 0 Å². The number of amides is 2. The average molecular weight is 442 g/mol. The van der Waals surface area contributed by atoms with Gasteiger partial charge in [0, 0.05) is 18.7 Å². The van der Waals surface area contributed by atoms with Gasteiger partial charge in [-0.25, -0.2) is 4.79 Å². The predicted octanol–water partition coefficient (Wildman–Crippen LogP) is 2.62. The molecule has 2 amide bonds. The summed E-state index contributed by atoms with van der Waals surface area (Å²) in [5.41, 5.74) is 0.826. The maximum Gasteiger partial charge on any atom is 0.338 e. The van der Waals surface area contributed by atoms with E-state index in [4.69, 9.17) is 13.9 Å². The summed E-state index contributed by atoms with van der Waals surface area (Å²) in [4.78, 5) is 49.9. The van der Waals surface area contributed by atoms with Crippen molar-refractivity contribution in [3.05, 3.63) is 54.0 Å². The number of nitrogens with one attached hydrogen (secondary N) is 1. The Bertz CT molecular complexity index is 951. The first-order valence-corrected chi connectivity index (χ1v) is 10.4. The molecule has 1 atom stereocenters. The molecule has 2 heterocycles. The van der Waals surface area contributed by atoms with Crippen LogP contribution in [0, 0.1) is 11.8 Å². The van der Waals surface area contributed by atoms with Crippen LogP contribution in [0.25, 0.3) is 0 Å². The van der Waals surface area contributed by atoms with Crippen molar-refractivity contribution in [2.75, 3.05) is 25.1 Å². The summed E-state index contributed by atoms with van der Waals surface area (Å²) in [5.74, 6) is -1.48. The average Bonchev–Trinajstić information content (AvgIpc) is 3.41. The lowest BCUT2D eigenvalue weighted by atomic mass is 10.1. The molecule has 0 unspecified atom stereocenters. The Kier molecular flexibility index (Phi) is 7.64. The summed E-state index contributed by atoms with van der Waals surface area (Å²) < 4.78 is 15.5. The molecule has 0 bridgehead atoms. The van der Waals surface area contributed by atoms with Gasteiger partial charge >= 0.3 is 11.9 Å². The molecular weight excluding hydrogens is 416 g/mol. The highest BCUT2D eigenvalue weighted by Gasteiger charge is 2.35. The van der Waals surface area contributed by atoms with E-state index in [1.807, 2.05) is 13.8 Å². The van der Waals surface area contributed by atoms with Gasteiger partial charge in [0.25, 0.3) is 5.91 Å². The number of benzene rings is 1. The molecule has 170 valence electrons. The lowest BCUT2D eigenvalue weighted by molar-refractivity contribution is -0.151. The van der Waals surface area contributed by atoms with Crippen molar-refractivity contribution < 1.29 is 33.1 Å². The van der Waals surface area contributed by atoms with Crippen LogP contribution in [0.4, 0.5) is 5.69 Å².